The Balaban J connectivity index is 3.21. The van der Waals surface area contributed by atoms with E-state index in [9.17, 15) is 28.8 Å². The third kappa shape index (κ3) is 7.87. The lowest BCUT2D eigenvalue weighted by atomic mass is 10.3. The number of esters is 2. The fraction of sp³-hybridized carbons (Fsp3) is 0.684. The average molecular weight is 443 g/mol. The summed E-state index contributed by atoms with van der Waals surface area (Å²) in [6, 6.07) is 0. The molecule has 0 aromatic carbocycles. The number of hydrogen-bond acceptors (Lipinski definition) is 9. The summed E-state index contributed by atoms with van der Waals surface area (Å²) in [5.74, 6) is -1.83. The van der Waals surface area contributed by atoms with Gasteiger partial charge in [0.1, 0.15) is 13.2 Å². The molecule has 0 spiro atoms. The van der Waals surface area contributed by atoms with Crippen molar-refractivity contribution in [3.05, 3.63) is 31.5 Å². The Morgan fingerprint density at radius 3 is 1.42 bits per heavy atom. The minimum Gasteiger partial charge on any atom is -0.464 e. The first-order valence-electron chi connectivity index (χ1n) is 10.3. The van der Waals surface area contributed by atoms with Crippen LogP contribution in [0.1, 0.15) is 59.3 Å². The van der Waals surface area contributed by atoms with Crippen LogP contribution in [0.2, 0.25) is 0 Å². The molecule has 0 radical (unpaired) electrons. The van der Waals surface area contributed by atoms with E-state index in [-0.39, 0.29) is 50.3 Å². The van der Waals surface area contributed by atoms with E-state index in [1.54, 1.807) is 20.8 Å². The molecule has 1 aromatic rings. The monoisotopic (exact) mass is 443 g/mol. The number of carbonyl (C=O) groups is 3. The molecule has 12 heteroatoms. The molecular formula is C19H29N3O9. The summed E-state index contributed by atoms with van der Waals surface area (Å²) < 4.78 is 11.3. The van der Waals surface area contributed by atoms with Gasteiger partial charge in [-0.25, -0.2) is 28.3 Å². The molecule has 31 heavy (non-hydrogen) atoms. The van der Waals surface area contributed by atoms with Crippen LogP contribution in [0.15, 0.2) is 14.4 Å². The second-order valence-corrected chi connectivity index (χ2v) is 6.60. The Hall–Kier alpha value is -3.18. The molecule has 0 bridgehead atoms. The van der Waals surface area contributed by atoms with Gasteiger partial charge >= 0.3 is 35.0 Å². The van der Waals surface area contributed by atoms with Crippen molar-refractivity contribution in [1.29, 1.82) is 0 Å². The first kappa shape index (κ1) is 25.9. The highest BCUT2D eigenvalue weighted by atomic mass is 16.7. The van der Waals surface area contributed by atoms with E-state index >= 15 is 0 Å². The third-order valence-corrected chi connectivity index (χ3v) is 3.98. The first-order valence-corrected chi connectivity index (χ1v) is 10.3. The molecule has 0 aliphatic rings. The molecular weight excluding hydrogens is 414 g/mol. The lowest BCUT2D eigenvalue weighted by Gasteiger charge is -2.13. The number of carbonyl (C=O) groups excluding carboxylic acids is 3. The standard InChI is InChI=1S/C19H29N3O9/c1-4-7-14(23)29-12-10-20-17(26)21(11-13-30-15(24)8-5-2)19(28)22(18(20)27)31-16(25)9-6-3/h4-13H2,1-3H3. The van der Waals surface area contributed by atoms with Gasteiger partial charge in [0.25, 0.3) is 0 Å². The van der Waals surface area contributed by atoms with Crippen LogP contribution in [0, 0.1) is 0 Å². The van der Waals surface area contributed by atoms with Gasteiger partial charge in [-0.2, -0.15) is 0 Å². The molecule has 1 heterocycles. The highest BCUT2D eigenvalue weighted by Gasteiger charge is 2.19. The van der Waals surface area contributed by atoms with Gasteiger partial charge in [0.15, 0.2) is 0 Å². The Labute approximate surface area is 178 Å². The maximum atomic E-state index is 12.7. The molecule has 0 amide bonds. The fourth-order valence-electron chi connectivity index (χ4n) is 2.48. The topological polar surface area (TPSA) is 145 Å². The predicted molar refractivity (Wildman–Crippen MR) is 107 cm³/mol. The van der Waals surface area contributed by atoms with E-state index in [0.717, 1.165) is 0 Å². The Morgan fingerprint density at radius 1 is 0.645 bits per heavy atom. The summed E-state index contributed by atoms with van der Waals surface area (Å²) in [6.45, 7) is 4.00. The summed E-state index contributed by atoms with van der Waals surface area (Å²) in [7, 11) is 0. The summed E-state index contributed by atoms with van der Waals surface area (Å²) in [5, 5.41) is 0. The van der Waals surface area contributed by atoms with Crippen molar-refractivity contribution in [3.63, 3.8) is 0 Å². The SMILES string of the molecule is CCCC(=O)OCCn1c(=O)n(CCOC(=O)CCC)c(=O)n(OC(=O)CCC)c1=O. The van der Waals surface area contributed by atoms with Crippen molar-refractivity contribution in [2.75, 3.05) is 13.2 Å². The van der Waals surface area contributed by atoms with Crippen LogP contribution in [0.4, 0.5) is 0 Å². The van der Waals surface area contributed by atoms with Crippen molar-refractivity contribution in [2.24, 2.45) is 0 Å². The Morgan fingerprint density at radius 2 is 1.03 bits per heavy atom. The van der Waals surface area contributed by atoms with E-state index in [1.165, 1.54) is 0 Å². The van der Waals surface area contributed by atoms with Gasteiger partial charge < -0.3 is 14.3 Å². The van der Waals surface area contributed by atoms with Crippen LogP contribution in [-0.4, -0.2) is 45.0 Å². The second-order valence-electron chi connectivity index (χ2n) is 6.60. The summed E-state index contributed by atoms with van der Waals surface area (Å²) in [4.78, 5) is 77.5. The molecule has 0 fully saturated rings. The van der Waals surface area contributed by atoms with Crippen LogP contribution < -0.4 is 21.9 Å². The number of rotatable bonds is 13. The van der Waals surface area contributed by atoms with Crippen molar-refractivity contribution in [3.8, 4) is 0 Å². The van der Waals surface area contributed by atoms with Gasteiger partial charge in [0.2, 0.25) is 0 Å². The third-order valence-electron chi connectivity index (χ3n) is 3.98. The number of ether oxygens (including phenoxy) is 2. The number of hydrogen-bond donors (Lipinski definition) is 0. The average Bonchev–Trinajstić information content (AvgIpc) is 2.71. The number of aromatic nitrogens is 3. The first-order chi connectivity index (χ1) is 14.8. The molecule has 0 aliphatic heterocycles. The second kappa shape index (κ2) is 13.2. The summed E-state index contributed by atoms with van der Waals surface area (Å²) in [5.41, 5.74) is -3.36. The Bertz CT molecular complexity index is 880. The van der Waals surface area contributed by atoms with Crippen molar-refractivity contribution in [2.45, 2.75) is 72.4 Å². The zero-order chi connectivity index (χ0) is 23.4. The minimum atomic E-state index is -1.18. The highest BCUT2D eigenvalue weighted by Crippen LogP contribution is 1.93. The van der Waals surface area contributed by atoms with Gasteiger partial charge in [-0.1, -0.05) is 25.5 Å². The normalized spacial score (nSPS) is 10.5. The highest BCUT2D eigenvalue weighted by molar-refractivity contribution is 5.69. The predicted octanol–water partition coefficient (Wildman–Crippen LogP) is -0.386. The van der Waals surface area contributed by atoms with Gasteiger partial charge in [0.05, 0.1) is 13.1 Å². The molecule has 1 aromatic heterocycles. The molecule has 0 saturated heterocycles. The maximum absolute atomic E-state index is 12.7. The van der Waals surface area contributed by atoms with E-state index in [4.69, 9.17) is 14.3 Å². The van der Waals surface area contributed by atoms with Gasteiger partial charge in [-0.3, -0.25) is 9.59 Å². The Kier molecular flexibility index (Phi) is 11.0. The molecule has 0 saturated carbocycles. The van der Waals surface area contributed by atoms with E-state index < -0.39 is 35.0 Å². The zero-order valence-electron chi connectivity index (χ0n) is 18.1. The molecule has 0 unspecified atom stereocenters. The van der Waals surface area contributed by atoms with Gasteiger partial charge in [-0.15, -0.1) is 0 Å². The lowest BCUT2D eigenvalue weighted by molar-refractivity contribution is -0.145. The molecule has 1 rings (SSSR count). The van der Waals surface area contributed by atoms with Crippen molar-refractivity contribution < 1.29 is 28.7 Å². The summed E-state index contributed by atoms with van der Waals surface area (Å²) in [6.07, 6.45) is 1.87. The van der Waals surface area contributed by atoms with Crippen LogP contribution in [0.3, 0.4) is 0 Å². The maximum Gasteiger partial charge on any atom is 0.370 e. The number of nitrogens with zero attached hydrogens (tertiary/aromatic N) is 3. The van der Waals surface area contributed by atoms with Crippen LogP contribution in [-0.2, 0) is 36.9 Å². The zero-order valence-corrected chi connectivity index (χ0v) is 18.1. The van der Waals surface area contributed by atoms with E-state index in [1.807, 2.05) is 0 Å². The van der Waals surface area contributed by atoms with Gasteiger partial charge in [-0.05, 0) is 19.3 Å². The minimum absolute atomic E-state index is 0.0474. The van der Waals surface area contributed by atoms with Crippen molar-refractivity contribution in [1.82, 2.24) is 13.9 Å². The quantitative estimate of drug-likeness (QED) is 0.372. The largest absolute Gasteiger partial charge is 0.464 e. The smallest absolute Gasteiger partial charge is 0.370 e. The van der Waals surface area contributed by atoms with E-state index in [0.29, 0.717) is 28.4 Å². The lowest BCUT2D eigenvalue weighted by Crippen LogP contribution is -2.57. The van der Waals surface area contributed by atoms with Gasteiger partial charge in [0, 0.05) is 19.3 Å². The molecule has 174 valence electrons. The summed E-state index contributed by atoms with van der Waals surface area (Å²) >= 11 is 0. The molecule has 0 N–H and O–H groups in total. The van der Waals surface area contributed by atoms with Crippen LogP contribution >= 0.6 is 0 Å². The fourth-order valence-corrected chi connectivity index (χ4v) is 2.48. The molecule has 0 aliphatic carbocycles. The van der Waals surface area contributed by atoms with E-state index in [2.05, 4.69) is 0 Å². The molecule has 0 atom stereocenters. The van der Waals surface area contributed by atoms with Crippen LogP contribution in [0.5, 0.6) is 0 Å². The van der Waals surface area contributed by atoms with Crippen LogP contribution in [0.25, 0.3) is 0 Å². The van der Waals surface area contributed by atoms with Crippen molar-refractivity contribution >= 4 is 17.9 Å². The molecule has 12 nitrogen and oxygen atoms in total.